The van der Waals surface area contributed by atoms with E-state index in [9.17, 15) is 9.59 Å². The van der Waals surface area contributed by atoms with Crippen LogP contribution in [0.3, 0.4) is 0 Å². The summed E-state index contributed by atoms with van der Waals surface area (Å²) in [6, 6.07) is 23.1. The number of hydrogen-bond acceptors (Lipinski definition) is 6. The molecule has 1 heterocycles. The van der Waals surface area contributed by atoms with Gasteiger partial charge in [0, 0.05) is 17.5 Å². The van der Waals surface area contributed by atoms with Gasteiger partial charge < -0.3 is 19.2 Å². The van der Waals surface area contributed by atoms with Crippen LogP contribution in [-0.2, 0) is 6.54 Å². The highest BCUT2D eigenvalue weighted by molar-refractivity contribution is 5.97. The van der Waals surface area contributed by atoms with Crippen molar-refractivity contribution in [3.05, 3.63) is 101 Å². The van der Waals surface area contributed by atoms with Crippen LogP contribution in [0.15, 0.2) is 88.4 Å². The van der Waals surface area contributed by atoms with Gasteiger partial charge in [0.2, 0.25) is 5.55 Å². The highest BCUT2D eigenvalue weighted by Gasteiger charge is 2.15. The first kappa shape index (κ1) is 22.6. The highest BCUT2D eigenvalue weighted by Crippen LogP contribution is 2.24. The zero-order valence-electron chi connectivity index (χ0n) is 18.7. The van der Waals surface area contributed by atoms with Crippen molar-refractivity contribution in [1.82, 2.24) is 10.7 Å². The van der Waals surface area contributed by atoms with Crippen LogP contribution in [-0.4, -0.2) is 26.0 Å². The van der Waals surface area contributed by atoms with Crippen molar-refractivity contribution < 1.29 is 23.5 Å². The Kier molecular flexibility index (Phi) is 6.88. The summed E-state index contributed by atoms with van der Waals surface area (Å²) in [7, 11) is 3.07. The van der Waals surface area contributed by atoms with Gasteiger partial charge in [-0.05, 0) is 42.0 Å². The summed E-state index contributed by atoms with van der Waals surface area (Å²) in [5.41, 5.74) is 4.30. The molecule has 0 saturated heterocycles. The summed E-state index contributed by atoms with van der Waals surface area (Å²) in [5, 5.41) is 7.63. The van der Waals surface area contributed by atoms with Crippen LogP contribution in [0.4, 0.5) is 0 Å². The molecule has 0 aliphatic heterocycles. The fourth-order valence-corrected chi connectivity index (χ4v) is 3.31. The van der Waals surface area contributed by atoms with Gasteiger partial charge in [0.1, 0.15) is 11.3 Å². The molecule has 0 aliphatic carbocycles. The summed E-state index contributed by atoms with van der Waals surface area (Å²) in [6.07, 6.45) is 0. The number of methoxy groups -OCH3 is 2. The zero-order chi connectivity index (χ0) is 23.9. The molecule has 0 saturated carbocycles. The molecule has 0 bridgehead atoms. The highest BCUT2D eigenvalue weighted by atomic mass is 16.5. The van der Waals surface area contributed by atoms with Crippen molar-refractivity contribution in [1.29, 1.82) is 0 Å². The third-order valence-corrected chi connectivity index (χ3v) is 5.11. The van der Waals surface area contributed by atoms with E-state index in [1.54, 1.807) is 55.6 Å². The smallest absolute Gasteiger partial charge is 0.271 e. The summed E-state index contributed by atoms with van der Waals surface area (Å²) < 4.78 is 16.4. The van der Waals surface area contributed by atoms with Crippen molar-refractivity contribution >= 4 is 22.8 Å². The molecule has 4 rings (SSSR count). The Morgan fingerprint density at radius 1 is 0.882 bits per heavy atom. The quantitative estimate of drug-likeness (QED) is 0.413. The van der Waals surface area contributed by atoms with Gasteiger partial charge >= 0.3 is 0 Å². The Morgan fingerprint density at radius 2 is 1.65 bits per heavy atom. The van der Waals surface area contributed by atoms with Gasteiger partial charge in [-0.2, -0.15) is 0 Å². The molecule has 172 valence electrons. The molecule has 0 unspecified atom stereocenters. The lowest BCUT2D eigenvalue weighted by molar-refractivity contribution is 0.0932. The van der Waals surface area contributed by atoms with E-state index in [4.69, 9.17) is 13.9 Å². The number of amides is 2. The van der Waals surface area contributed by atoms with Crippen LogP contribution in [0.1, 0.15) is 26.3 Å². The Hall–Kier alpha value is -4.59. The molecule has 0 fully saturated rings. The average molecular weight is 457 g/mol. The number of ether oxygens (including phenoxy) is 2. The van der Waals surface area contributed by atoms with Gasteiger partial charge in [-0.15, -0.1) is 5.10 Å². The Labute approximate surface area is 195 Å². The summed E-state index contributed by atoms with van der Waals surface area (Å²) in [5.74, 6) is 0.248. The maximum Gasteiger partial charge on any atom is 0.271 e. The molecule has 3 aromatic carbocycles. The molecule has 4 aromatic rings. The molecule has 8 heteroatoms. The van der Waals surface area contributed by atoms with Gasteiger partial charge in [0.05, 0.1) is 14.2 Å². The molecule has 2 N–H and O–H groups in total. The summed E-state index contributed by atoms with van der Waals surface area (Å²) in [6.45, 7) is 0.327. The molecular formula is C26H23N3O5. The third kappa shape index (κ3) is 5.07. The van der Waals surface area contributed by atoms with Crippen molar-refractivity contribution in [2.45, 2.75) is 6.54 Å². The minimum Gasteiger partial charge on any atom is -0.497 e. The number of carbonyl (C=O) groups is 2. The zero-order valence-corrected chi connectivity index (χ0v) is 18.7. The first-order valence-corrected chi connectivity index (χ1v) is 10.5. The van der Waals surface area contributed by atoms with Crippen molar-refractivity contribution in [3.8, 4) is 11.5 Å². The van der Waals surface area contributed by atoms with E-state index in [-0.39, 0.29) is 11.1 Å². The first-order valence-electron chi connectivity index (χ1n) is 10.5. The topological polar surface area (TPSA) is 102 Å². The van der Waals surface area contributed by atoms with E-state index in [1.165, 1.54) is 7.11 Å². The summed E-state index contributed by atoms with van der Waals surface area (Å²) >= 11 is 0. The van der Waals surface area contributed by atoms with Gasteiger partial charge in [-0.25, -0.2) is 5.43 Å². The molecule has 8 nitrogen and oxygen atoms in total. The lowest BCUT2D eigenvalue weighted by Gasteiger charge is -2.09. The van der Waals surface area contributed by atoms with E-state index in [0.717, 1.165) is 5.56 Å². The lowest BCUT2D eigenvalue weighted by Crippen LogP contribution is -2.30. The minimum absolute atomic E-state index is 0.0515. The predicted octanol–water partition coefficient (Wildman–Crippen LogP) is 3.63. The van der Waals surface area contributed by atoms with E-state index in [1.807, 2.05) is 30.3 Å². The second-order valence-electron chi connectivity index (χ2n) is 7.29. The fraction of sp³-hybridized carbons (Fsp3) is 0.115. The molecule has 0 aliphatic rings. The number of fused-ring (bicyclic) bond motifs is 1. The maximum absolute atomic E-state index is 13.0. The normalized spacial score (nSPS) is 11.2. The van der Waals surface area contributed by atoms with Crippen molar-refractivity contribution in [2.24, 2.45) is 5.10 Å². The van der Waals surface area contributed by atoms with E-state index in [2.05, 4.69) is 15.8 Å². The van der Waals surface area contributed by atoms with E-state index in [0.29, 0.717) is 34.6 Å². The largest absolute Gasteiger partial charge is 0.497 e. The molecule has 34 heavy (non-hydrogen) atoms. The maximum atomic E-state index is 13.0. The number of hydrogen-bond donors (Lipinski definition) is 2. The van der Waals surface area contributed by atoms with Crippen LogP contribution in [0.25, 0.3) is 11.0 Å². The number of nitrogens with zero attached hydrogens (tertiary/aromatic N) is 1. The predicted molar refractivity (Wildman–Crippen MR) is 126 cm³/mol. The van der Waals surface area contributed by atoms with Crippen LogP contribution in [0, 0.1) is 0 Å². The number of rotatable bonds is 7. The summed E-state index contributed by atoms with van der Waals surface area (Å²) in [4.78, 5) is 25.6. The second-order valence-corrected chi connectivity index (χ2v) is 7.29. The Morgan fingerprint density at radius 3 is 2.35 bits per heavy atom. The van der Waals surface area contributed by atoms with Crippen LogP contribution < -0.4 is 25.8 Å². The van der Waals surface area contributed by atoms with Crippen molar-refractivity contribution in [2.75, 3.05) is 14.2 Å². The van der Waals surface area contributed by atoms with Crippen LogP contribution >= 0.6 is 0 Å². The Balaban J connectivity index is 1.68. The Bertz CT molecular complexity index is 1380. The molecule has 1 aromatic heterocycles. The molecule has 2 amide bonds. The fourth-order valence-electron chi connectivity index (χ4n) is 3.31. The number of benzene rings is 3. The third-order valence-electron chi connectivity index (χ3n) is 5.11. The van der Waals surface area contributed by atoms with Crippen LogP contribution in [0.2, 0.25) is 0 Å². The van der Waals surface area contributed by atoms with E-state index >= 15 is 0 Å². The number of para-hydroxylation sites is 1. The molecule has 0 spiro atoms. The van der Waals surface area contributed by atoms with Gasteiger partial charge in [0.25, 0.3) is 11.8 Å². The van der Waals surface area contributed by atoms with Crippen LogP contribution in [0.5, 0.6) is 11.5 Å². The van der Waals surface area contributed by atoms with Gasteiger partial charge in [0.15, 0.2) is 11.3 Å². The second kappa shape index (κ2) is 10.4. The van der Waals surface area contributed by atoms with E-state index < -0.39 is 11.8 Å². The number of nitrogens with one attached hydrogen (secondary N) is 2. The first-order chi connectivity index (χ1) is 16.6. The number of carbonyl (C=O) groups excluding carboxylic acids is 2. The minimum atomic E-state index is -0.464. The molecule has 0 atom stereocenters. The standard InChI is InChI=1S/C26H23N3O5/c1-32-20-13-11-18(12-14-20)24(30)28-29-26-21(25(31)27-16-17-7-4-3-5-8-17)15-19-9-6-10-22(33-2)23(19)34-26/h3-15H,16H2,1-2H3,(H,27,31)(H,28,30). The van der Waals surface area contributed by atoms with Gasteiger partial charge in [-0.1, -0.05) is 42.5 Å². The van der Waals surface area contributed by atoms with Gasteiger partial charge in [-0.3, -0.25) is 9.59 Å². The molecular weight excluding hydrogens is 434 g/mol. The SMILES string of the molecule is COc1ccc(C(=O)NN=c2oc3c(OC)cccc3cc2C(=O)NCc2ccccc2)cc1. The average Bonchev–Trinajstić information content (AvgIpc) is 2.90. The lowest BCUT2D eigenvalue weighted by atomic mass is 10.1. The monoisotopic (exact) mass is 457 g/mol. The van der Waals surface area contributed by atoms with Crippen molar-refractivity contribution in [3.63, 3.8) is 0 Å². The molecule has 0 radical (unpaired) electrons.